The molecule has 1 unspecified atom stereocenters. The molecular weight excluding hydrogens is 446 g/mol. The molecule has 0 bridgehead atoms. The highest BCUT2D eigenvalue weighted by atomic mass is 19.3. The van der Waals surface area contributed by atoms with Crippen LogP contribution in [0.2, 0.25) is 0 Å². The molecule has 0 aromatic heterocycles. The molecule has 0 radical (unpaired) electrons. The minimum atomic E-state index is -3.28. The summed E-state index contributed by atoms with van der Waals surface area (Å²) in [4.78, 5) is 36.0. The summed E-state index contributed by atoms with van der Waals surface area (Å²) in [7, 11) is 1.36. The van der Waals surface area contributed by atoms with Crippen LogP contribution in [0.4, 0.5) is 8.78 Å². The number of ketones is 2. The minimum absolute atomic E-state index is 0.104. The number of methoxy groups -OCH3 is 1. The van der Waals surface area contributed by atoms with Crippen molar-refractivity contribution in [1.82, 2.24) is 0 Å². The van der Waals surface area contributed by atoms with Gasteiger partial charge in [-0.3, -0.25) is 14.4 Å². The molecule has 1 aliphatic heterocycles. The average molecular weight is 487 g/mol. The Kier molecular flexibility index (Phi) is 12.3. The quantitative estimate of drug-likeness (QED) is 0.171. The summed E-state index contributed by atoms with van der Waals surface area (Å²) in [6, 6.07) is 0. The van der Waals surface area contributed by atoms with Crippen molar-refractivity contribution in [3.05, 3.63) is 12.2 Å². The van der Waals surface area contributed by atoms with Gasteiger partial charge in [0.25, 0.3) is 0 Å². The smallest absolute Gasteiger partial charge is 0.305 e. The van der Waals surface area contributed by atoms with Crippen molar-refractivity contribution in [3.8, 4) is 0 Å². The molecular formula is C26H40F2O6. The number of halogens is 2. The summed E-state index contributed by atoms with van der Waals surface area (Å²) in [6.45, 7) is 2.27. The number of rotatable bonds is 15. The normalized spacial score (nSPS) is 25.7. The first-order valence-corrected chi connectivity index (χ1v) is 12.7. The number of ether oxygens (including phenoxy) is 3. The van der Waals surface area contributed by atoms with Crippen molar-refractivity contribution in [2.24, 2.45) is 11.8 Å². The lowest BCUT2D eigenvalue weighted by Crippen LogP contribution is -2.32. The number of hydrogen-bond acceptors (Lipinski definition) is 6. The third-order valence-corrected chi connectivity index (χ3v) is 6.72. The highest BCUT2D eigenvalue weighted by molar-refractivity contribution is 5.86. The Morgan fingerprint density at radius 1 is 1.18 bits per heavy atom. The molecule has 0 aromatic rings. The Hall–Kier alpha value is -1.67. The number of Topliss-reactive ketones (excluding diaryl/α,β-unsaturated/α-hetero) is 2. The highest BCUT2D eigenvalue weighted by Crippen LogP contribution is 2.39. The van der Waals surface area contributed by atoms with Gasteiger partial charge >= 0.3 is 11.9 Å². The maximum absolute atomic E-state index is 13.9. The third-order valence-electron chi connectivity index (χ3n) is 6.72. The number of esters is 1. The van der Waals surface area contributed by atoms with E-state index in [4.69, 9.17) is 9.47 Å². The fraction of sp³-hybridized carbons (Fsp3) is 0.808. The van der Waals surface area contributed by atoms with Gasteiger partial charge < -0.3 is 14.2 Å². The molecule has 1 aliphatic carbocycles. The molecule has 4 atom stereocenters. The van der Waals surface area contributed by atoms with Crippen molar-refractivity contribution in [1.29, 1.82) is 0 Å². The minimum Gasteiger partial charge on any atom is -0.469 e. The summed E-state index contributed by atoms with van der Waals surface area (Å²) < 4.78 is 44.3. The molecule has 0 aromatic carbocycles. The van der Waals surface area contributed by atoms with Gasteiger partial charge in [-0.1, -0.05) is 19.1 Å². The van der Waals surface area contributed by atoms with Crippen LogP contribution in [-0.2, 0) is 28.6 Å². The molecule has 8 heteroatoms. The van der Waals surface area contributed by atoms with Crippen LogP contribution in [-0.4, -0.2) is 49.6 Å². The second-order valence-electron chi connectivity index (χ2n) is 9.36. The summed E-state index contributed by atoms with van der Waals surface area (Å²) in [5, 5.41) is 0. The molecule has 34 heavy (non-hydrogen) atoms. The predicted molar refractivity (Wildman–Crippen MR) is 123 cm³/mol. The van der Waals surface area contributed by atoms with Crippen molar-refractivity contribution < 1.29 is 37.4 Å². The Balaban J connectivity index is 1.95. The lowest BCUT2D eigenvalue weighted by atomic mass is 9.86. The van der Waals surface area contributed by atoms with Crippen molar-refractivity contribution in [3.63, 3.8) is 0 Å². The van der Waals surface area contributed by atoms with Gasteiger partial charge in [-0.05, 0) is 63.7 Å². The standard InChI is InChI=1S/C26H40F2O6/c1-3-16-26(27,28)23(30)13-10-12-20-19(11-6-4-5-7-14-24(31)32-2)21(29)18-22(20)34-25-15-8-9-17-33-25/h4,6,19-20,22,25H,3,5,7-18H2,1-2H3/b6-4-/t19-,20-,22-,25?/m1/s1. The molecule has 2 fully saturated rings. The van der Waals surface area contributed by atoms with Crippen LogP contribution in [0.1, 0.15) is 90.4 Å². The predicted octanol–water partition coefficient (Wildman–Crippen LogP) is 5.57. The van der Waals surface area contributed by atoms with Gasteiger partial charge in [0.15, 0.2) is 6.29 Å². The molecule has 2 rings (SSSR count). The number of allylic oxidation sites excluding steroid dienone is 2. The SMILES string of the molecule is CCCC(F)(F)C(=O)CCC[C@H]1[C@H](OC2CCCCO2)CC(=O)[C@@H]1C/C=C\CCCC(=O)OC. The van der Waals surface area contributed by atoms with Crippen LogP contribution < -0.4 is 0 Å². The third kappa shape index (κ3) is 9.17. The summed E-state index contributed by atoms with van der Waals surface area (Å²) in [5.74, 6) is -4.84. The molecule has 1 saturated heterocycles. The molecule has 6 nitrogen and oxygen atoms in total. The van der Waals surface area contributed by atoms with Crippen LogP contribution >= 0.6 is 0 Å². The van der Waals surface area contributed by atoms with Gasteiger partial charge in [-0.25, -0.2) is 0 Å². The molecule has 0 amide bonds. The van der Waals surface area contributed by atoms with Gasteiger partial charge in [0, 0.05) is 38.2 Å². The van der Waals surface area contributed by atoms with E-state index in [0.717, 1.165) is 19.3 Å². The Bertz CT molecular complexity index is 687. The maximum Gasteiger partial charge on any atom is 0.305 e. The fourth-order valence-electron chi connectivity index (χ4n) is 4.82. The zero-order valence-corrected chi connectivity index (χ0v) is 20.6. The first kappa shape index (κ1) is 28.6. The second kappa shape index (κ2) is 14.7. The van der Waals surface area contributed by atoms with Gasteiger partial charge in [-0.2, -0.15) is 8.78 Å². The molecule has 1 saturated carbocycles. The number of alkyl halides is 2. The molecule has 1 heterocycles. The van der Waals surface area contributed by atoms with Crippen molar-refractivity contribution >= 4 is 17.5 Å². The van der Waals surface area contributed by atoms with E-state index in [9.17, 15) is 23.2 Å². The van der Waals surface area contributed by atoms with Gasteiger partial charge in [0.05, 0.1) is 13.2 Å². The van der Waals surface area contributed by atoms with E-state index in [2.05, 4.69) is 4.74 Å². The van der Waals surface area contributed by atoms with Crippen LogP contribution in [0.25, 0.3) is 0 Å². The Morgan fingerprint density at radius 2 is 1.97 bits per heavy atom. The topological polar surface area (TPSA) is 78.9 Å². The first-order chi connectivity index (χ1) is 16.3. The van der Waals surface area contributed by atoms with E-state index >= 15 is 0 Å². The van der Waals surface area contributed by atoms with E-state index in [0.29, 0.717) is 45.1 Å². The zero-order chi connectivity index (χ0) is 25.0. The first-order valence-electron chi connectivity index (χ1n) is 12.7. The Labute approximate surface area is 201 Å². The lowest BCUT2D eigenvalue weighted by molar-refractivity contribution is -0.196. The van der Waals surface area contributed by atoms with Gasteiger partial charge in [0.1, 0.15) is 5.78 Å². The van der Waals surface area contributed by atoms with Crippen LogP contribution in [0.3, 0.4) is 0 Å². The monoisotopic (exact) mass is 486 g/mol. The van der Waals surface area contributed by atoms with Gasteiger partial charge in [0.2, 0.25) is 5.78 Å². The van der Waals surface area contributed by atoms with Crippen LogP contribution in [0.15, 0.2) is 12.2 Å². The van der Waals surface area contributed by atoms with E-state index < -0.39 is 18.1 Å². The summed E-state index contributed by atoms with van der Waals surface area (Å²) >= 11 is 0. The largest absolute Gasteiger partial charge is 0.469 e. The average Bonchev–Trinajstić information content (AvgIpc) is 3.10. The van der Waals surface area contributed by atoms with E-state index in [-0.39, 0.29) is 55.2 Å². The maximum atomic E-state index is 13.9. The number of hydrogen-bond donors (Lipinski definition) is 0. The summed E-state index contributed by atoms with van der Waals surface area (Å²) in [6.07, 6.45) is 9.00. The molecule has 2 aliphatic rings. The van der Waals surface area contributed by atoms with E-state index in [1.54, 1.807) is 6.92 Å². The number of carbonyl (C=O) groups is 3. The van der Waals surface area contributed by atoms with E-state index in [1.165, 1.54) is 7.11 Å². The fourth-order valence-corrected chi connectivity index (χ4v) is 4.82. The zero-order valence-electron chi connectivity index (χ0n) is 20.6. The molecule has 0 spiro atoms. The van der Waals surface area contributed by atoms with E-state index in [1.807, 2.05) is 12.2 Å². The van der Waals surface area contributed by atoms with Crippen LogP contribution in [0.5, 0.6) is 0 Å². The Morgan fingerprint density at radius 3 is 2.65 bits per heavy atom. The second-order valence-corrected chi connectivity index (χ2v) is 9.36. The lowest BCUT2D eigenvalue weighted by Gasteiger charge is -2.30. The van der Waals surface area contributed by atoms with Crippen molar-refractivity contribution in [2.75, 3.05) is 13.7 Å². The number of carbonyl (C=O) groups excluding carboxylic acids is 3. The van der Waals surface area contributed by atoms with Crippen LogP contribution in [0, 0.1) is 11.8 Å². The van der Waals surface area contributed by atoms with Gasteiger partial charge in [-0.15, -0.1) is 0 Å². The number of unbranched alkanes of at least 4 members (excludes halogenated alkanes) is 1. The van der Waals surface area contributed by atoms with Crippen molar-refractivity contribution in [2.45, 2.75) is 109 Å². The summed E-state index contributed by atoms with van der Waals surface area (Å²) in [5.41, 5.74) is 0. The molecule has 194 valence electrons. The highest BCUT2D eigenvalue weighted by Gasteiger charge is 2.44. The molecule has 0 N–H and O–H groups in total.